The Bertz CT molecular complexity index is 1010. The van der Waals surface area contributed by atoms with Crippen LogP contribution >= 0.6 is 22.9 Å². The van der Waals surface area contributed by atoms with Crippen LogP contribution in [0, 0.1) is 17.0 Å². The number of hydrogen-bond acceptors (Lipinski definition) is 5. The fourth-order valence-corrected chi connectivity index (χ4v) is 3.80. The molecular formula is C17H12ClN3O3S. The quantitative estimate of drug-likeness (QED) is 0.414. The van der Waals surface area contributed by atoms with Crippen molar-refractivity contribution in [2.24, 2.45) is 5.10 Å². The van der Waals surface area contributed by atoms with Crippen LogP contribution < -0.4 is 5.43 Å². The van der Waals surface area contributed by atoms with Crippen molar-refractivity contribution in [1.29, 1.82) is 0 Å². The Balaban J connectivity index is 1.82. The number of rotatable bonds is 4. The van der Waals surface area contributed by atoms with Crippen LogP contribution in [0.5, 0.6) is 0 Å². The number of nitro benzene ring substituents is 1. The van der Waals surface area contributed by atoms with Gasteiger partial charge in [-0.3, -0.25) is 14.9 Å². The van der Waals surface area contributed by atoms with Gasteiger partial charge in [-0.25, -0.2) is 5.43 Å². The van der Waals surface area contributed by atoms with Crippen molar-refractivity contribution in [3.05, 3.63) is 73.6 Å². The maximum Gasteiger partial charge on any atom is 0.283 e. The van der Waals surface area contributed by atoms with Gasteiger partial charge in [-0.15, -0.1) is 11.3 Å². The van der Waals surface area contributed by atoms with Gasteiger partial charge in [0.1, 0.15) is 4.88 Å². The molecule has 0 saturated heterocycles. The van der Waals surface area contributed by atoms with Gasteiger partial charge < -0.3 is 0 Å². The van der Waals surface area contributed by atoms with E-state index in [0.29, 0.717) is 15.5 Å². The van der Waals surface area contributed by atoms with Gasteiger partial charge in [0.15, 0.2) is 0 Å². The van der Waals surface area contributed by atoms with Crippen LogP contribution in [-0.2, 0) is 0 Å². The molecule has 3 aromatic rings. The van der Waals surface area contributed by atoms with Gasteiger partial charge in [-0.05, 0) is 24.6 Å². The molecule has 2 aromatic carbocycles. The zero-order chi connectivity index (χ0) is 18.0. The molecule has 8 heteroatoms. The number of nitrogens with one attached hydrogen (secondary N) is 1. The van der Waals surface area contributed by atoms with Crippen LogP contribution in [0.25, 0.3) is 10.1 Å². The van der Waals surface area contributed by atoms with Crippen LogP contribution in [0.2, 0.25) is 5.02 Å². The summed E-state index contributed by atoms with van der Waals surface area (Å²) in [7, 11) is 0. The summed E-state index contributed by atoms with van der Waals surface area (Å²) in [5.41, 5.74) is 3.65. The molecule has 3 rings (SSSR count). The highest BCUT2D eigenvalue weighted by atomic mass is 35.5. The summed E-state index contributed by atoms with van der Waals surface area (Å²) in [5, 5.41) is 15.9. The third kappa shape index (κ3) is 3.52. The topological polar surface area (TPSA) is 84.6 Å². The lowest BCUT2D eigenvalue weighted by molar-refractivity contribution is -0.385. The van der Waals surface area contributed by atoms with E-state index in [4.69, 9.17) is 11.6 Å². The first-order chi connectivity index (χ1) is 12.0. The second-order valence-corrected chi connectivity index (χ2v) is 6.69. The van der Waals surface area contributed by atoms with E-state index in [1.807, 2.05) is 25.1 Å². The molecule has 0 aliphatic heterocycles. The summed E-state index contributed by atoms with van der Waals surface area (Å²) < 4.78 is 0.915. The average molecular weight is 374 g/mol. The molecule has 6 nitrogen and oxygen atoms in total. The highest BCUT2D eigenvalue weighted by Gasteiger charge is 2.17. The van der Waals surface area contributed by atoms with Crippen molar-refractivity contribution in [3.63, 3.8) is 0 Å². The van der Waals surface area contributed by atoms with Crippen molar-refractivity contribution < 1.29 is 9.72 Å². The number of fused-ring (bicyclic) bond motifs is 1. The molecule has 0 atom stereocenters. The molecule has 1 amide bonds. The first-order valence-electron chi connectivity index (χ1n) is 7.23. The Morgan fingerprint density at radius 1 is 1.32 bits per heavy atom. The van der Waals surface area contributed by atoms with Gasteiger partial charge in [-0.2, -0.15) is 5.10 Å². The predicted molar refractivity (Wildman–Crippen MR) is 99.7 cm³/mol. The summed E-state index contributed by atoms with van der Waals surface area (Å²) in [5.74, 6) is -0.460. The van der Waals surface area contributed by atoms with Gasteiger partial charge in [-0.1, -0.05) is 35.9 Å². The molecular weight excluding hydrogens is 362 g/mol. The fourth-order valence-electron chi connectivity index (χ4n) is 2.29. The number of carbonyl (C=O) groups excluding carboxylic acids is 1. The second kappa shape index (κ2) is 7.00. The van der Waals surface area contributed by atoms with Gasteiger partial charge in [0.2, 0.25) is 0 Å². The van der Waals surface area contributed by atoms with E-state index in [-0.39, 0.29) is 5.69 Å². The van der Waals surface area contributed by atoms with E-state index in [1.54, 1.807) is 18.2 Å². The Hall–Kier alpha value is -2.77. The Kier molecular flexibility index (Phi) is 4.78. The number of thiophene rings is 1. The molecule has 126 valence electrons. The number of hydrogen-bond donors (Lipinski definition) is 1. The molecule has 1 heterocycles. The number of benzene rings is 2. The lowest BCUT2D eigenvalue weighted by Crippen LogP contribution is -2.16. The summed E-state index contributed by atoms with van der Waals surface area (Å²) in [6.45, 7) is 1.96. The maximum atomic E-state index is 12.3. The zero-order valence-electron chi connectivity index (χ0n) is 13.0. The summed E-state index contributed by atoms with van der Waals surface area (Å²) >= 11 is 7.55. The molecule has 0 bridgehead atoms. The normalized spacial score (nSPS) is 11.1. The molecule has 25 heavy (non-hydrogen) atoms. The second-order valence-electron chi connectivity index (χ2n) is 5.26. The highest BCUT2D eigenvalue weighted by Crippen LogP contribution is 2.35. The van der Waals surface area contributed by atoms with E-state index >= 15 is 0 Å². The SMILES string of the molecule is Cc1ccc2c(Cl)c(C(=O)NN=Cc3ccccc3[N+](=O)[O-])sc2c1. The molecule has 1 N–H and O–H groups in total. The summed E-state index contributed by atoms with van der Waals surface area (Å²) in [6.07, 6.45) is 1.24. The van der Waals surface area contributed by atoms with Gasteiger partial charge in [0, 0.05) is 16.2 Å². The van der Waals surface area contributed by atoms with Crippen LogP contribution in [0.1, 0.15) is 20.8 Å². The molecule has 0 radical (unpaired) electrons. The lowest BCUT2D eigenvalue weighted by atomic mass is 10.2. The lowest BCUT2D eigenvalue weighted by Gasteiger charge is -1.98. The fraction of sp³-hybridized carbons (Fsp3) is 0.0588. The van der Waals surface area contributed by atoms with Crippen LogP contribution in [0.3, 0.4) is 0 Å². The Morgan fingerprint density at radius 3 is 2.84 bits per heavy atom. The van der Waals surface area contributed by atoms with Gasteiger partial charge >= 0.3 is 0 Å². The van der Waals surface area contributed by atoms with Crippen LogP contribution in [0.15, 0.2) is 47.6 Å². The average Bonchev–Trinajstić information content (AvgIpc) is 2.91. The van der Waals surface area contributed by atoms with Gasteiger partial charge in [0.25, 0.3) is 11.6 Å². The summed E-state index contributed by atoms with van der Waals surface area (Å²) in [6, 6.07) is 11.9. The Morgan fingerprint density at radius 2 is 2.08 bits per heavy atom. The molecule has 0 saturated carbocycles. The standard InChI is InChI=1S/C17H12ClN3O3S/c1-10-6-7-12-14(8-10)25-16(15(12)18)17(22)20-19-9-11-4-2-3-5-13(11)21(23)24/h2-9H,1H3,(H,20,22). The number of hydrazone groups is 1. The van der Waals surface area contributed by atoms with Crippen molar-refractivity contribution >= 4 is 50.8 Å². The van der Waals surface area contributed by atoms with Crippen molar-refractivity contribution in [2.45, 2.75) is 6.92 Å². The number of para-hydroxylation sites is 1. The molecule has 0 aliphatic rings. The number of nitro groups is 1. The van der Waals surface area contributed by atoms with E-state index < -0.39 is 10.8 Å². The van der Waals surface area contributed by atoms with E-state index in [0.717, 1.165) is 15.6 Å². The molecule has 1 aromatic heterocycles. The van der Waals surface area contributed by atoms with Crippen molar-refractivity contribution in [1.82, 2.24) is 5.43 Å². The number of aryl methyl sites for hydroxylation is 1. The van der Waals surface area contributed by atoms with Crippen LogP contribution in [0.4, 0.5) is 5.69 Å². The van der Waals surface area contributed by atoms with Crippen molar-refractivity contribution in [3.8, 4) is 0 Å². The third-order valence-electron chi connectivity index (χ3n) is 3.49. The molecule has 0 aliphatic carbocycles. The zero-order valence-corrected chi connectivity index (χ0v) is 14.6. The number of carbonyl (C=O) groups is 1. The predicted octanol–water partition coefficient (Wildman–Crippen LogP) is 4.54. The molecule has 0 unspecified atom stereocenters. The Labute approximate surface area is 151 Å². The van der Waals surface area contributed by atoms with E-state index in [2.05, 4.69) is 10.5 Å². The monoisotopic (exact) mass is 373 g/mol. The van der Waals surface area contributed by atoms with E-state index in [1.165, 1.54) is 23.6 Å². The van der Waals surface area contributed by atoms with E-state index in [9.17, 15) is 14.9 Å². The molecule has 0 fully saturated rings. The minimum absolute atomic E-state index is 0.0872. The smallest absolute Gasteiger partial charge is 0.266 e. The highest BCUT2D eigenvalue weighted by molar-refractivity contribution is 7.21. The minimum atomic E-state index is -0.506. The largest absolute Gasteiger partial charge is 0.283 e. The maximum absolute atomic E-state index is 12.3. The van der Waals surface area contributed by atoms with Crippen molar-refractivity contribution in [2.75, 3.05) is 0 Å². The first kappa shape index (κ1) is 17.1. The number of halogens is 1. The number of amides is 1. The minimum Gasteiger partial charge on any atom is -0.266 e. The molecule has 0 spiro atoms. The summed E-state index contributed by atoms with van der Waals surface area (Å²) in [4.78, 5) is 23.1. The number of nitrogens with zero attached hydrogens (tertiary/aromatic N) is 2. The third-order valence-corrected chi connectivity index (χ3v) is 5.15. The van der Waals surface area contributed by atoms with Gasteiger partial charge in [0.05, 0.1) is 21.7 Å². The first-order valence-corrected chi connectivity index (χ1v) is 8.42. The van der Waals surface area contributed by atoms with Crippen LogP contribution in [-0.4, -0.2) is 17.0 Å².